The van der Waals surface area contributed by atoms with Crippen LogP contribution in [0.3, 0.4) is 0 Å². The van der Waals surface area contributed by atoms with E-state index in [-0.39, 0.29) is 17.2 Å². The molecule has 0 aliphatic carbocycles. The van der Waals surface area contributed by atoms with Crippen molar-refractivity contribution in [3.05, 3.63) is 81.8 Å². The lowest BCUT2D eigenvalue weighted by Crippen LogP contribution is -2.41. The summed E-state index contributed by atoms with van der Waals surface area (Å²) >= 11 is 13.7. The van der Waals surface area contributed by atoms with Crippen LogP contribution in [0.1, 0.15) is 11.1 Å². The van der Waals surface area contributed by atoms with Gasteiger partial charge in [-0.05, 0) is 48.9 Å². The third kappa shape index (κ3) is 7.70. The van der Waals surface area contributed by atoms with Crippen molar-refractivity contribution in [1.29, 1.82) is 0 Å². The third-order valence-corrected chi connectivity index (χ3v) is 8.76. The summed E-state index contributed by atoms with van der Waals surface area (Å²) in [6, 6.07) is 16.6. The second-order valence-electron chi connectivity index (χ2n) is 8.00. The molecule has 0 fully saturated rings. The first kappa shape index (κ1) is 29.0. The summed E-state index contributed by atoms with van der Waals surface area (Å²) in [5.74, 6) is 1.54. The Morgan fingerprint density at radius 2 is 1.68 bits per heavy atom. The molecule has 0 saturated heterocycles. The average molecular weight is 584 g/mol. The first-order valence-corrected chi connectivity index (χ1v) is 14.6. The van der Waals surface area contributed by atoms with Crippen molar-refractivity contribution in [3.63, 3.8) is 0 Å². The number of thioether (sulfide) groups is 1. The first-order chi connectivity index (χ1) is 17.6. The molecule has 0 spiro atoms. The second-order valence-corrected chi connectivity index (χ2v) is 11.8. The molecule has 1 amide bonds. The van der Waals surface area contributed by atoms with Crippen LogP contribution in [0.4, 0.5) is 5.69 Å². The van der Waals surface area contributed by atoms with Crippen LogP contribution in [0.2, 0.25) is 10.0 Å². The van der Waals surface area contributed by atoms with E-state index in [2.05, 4.69) is 5.32 Å². The van der Waals surface area contributed by atoms with Crippen molar-refractivity contribution in [3.8, 4) is 11.5 Å². The standard InChI is InChI=1S/C26H28Cl2N2O5S2/c1-18-4-8-21(9-5-18)30(37(32,33)22-10-11-24(34-2)25(15-22)35-3)16-26(31)29-12-13-36-17-19-6-7-20(27)14-23(19)28/h4-11,14-15H,12-13,16-17H2,1-3H3,(H,29,31). The van der Waals surface area contributed by atoms with Crippen LogP contribution >= 0.6 is 35.0 Å². The monoisotopic (exact) mass is 582 g/mol. The molecule has 0 aliphatic rings. The van der Waals surface area contributed by atoms with Gasteiger partial charge in [0, 0.05) is 34.2 Å². The summed E-state index contributed by atoms with van der Waals surface area (Å²) in [6.45, 7) is 1.89. The number of nitrogens with zero attached hydrogens (tertiary/aromatic N) is 1. The Morgan fingerprint density at radius 3 is 2.32 bits per heavy atom. The van der Waals surface area contributed by atoms with E-state index in [9.17, 15) is 13.2 Å². The van der Waals surface area contributed by atoms with Gasteiger partial charge in [0.25, 0.3) is 10.0 Å². The van der Waals surface area contributed by atoms with Crippen LogP contribution in [0.5, 0.6) is 11.5 Å². The van der Waals surface area contributed by atoms with Gasteiger partial charge < -0.3 is 14.8 Å². The highest BCUT2D eigenvalue weighted by Gasteiger charge is 2.28. The van der Waals surface area contributed by atoms with E-state index in [1.54, 1.807) is 48.2 Å². The van der Waals surface area contributed by atoms with Gasteiger partial charge in [-0.25, -0.2) is 8.42 Å². The van der Waals surface area contributed by atoms with Crippen LogP contribution < -0.4 is 19.1 Å². The van der Waals surface area contributed by atoms with Crippen molar-refractivity contribution in [2.45, 2.75) is 17.6 Å². The highest BCUT2D eigenvalue weighted by atomic mass is 35.5. The quantitative estimate of drug-likeness (QED) is 0.281. The average Bonchev–Trinajstić information content (AvgIpc) is 2.88. The smallest absolute Gasteiger partial charge is 0.264 e. The molecule has 0 atom stereocenters. The lowest BCUT2D eigenvalue weighted by atomic mass is 10.2. The molecule has 1 N–H and O–H groups in total. The Morgan fingerprint density at radius 1 is 0.973 bits per heavy atom. The van der Waals surface area contributed by atoms with Gasteiger partial charge in [0.1, 0.15) is 6.54 Å². The van der Waals surface area contributed by atoms with Crippen molar-refractivity contribution in [1.82, 2.24) is 5.32 Å². The minimum absolute atomic E-state index is 0.0195. The molecule has 3 aromatic carbocycles. The van der Waals surface area contributed by atoms with Crippen molar-refractivity contribution in [2.24, 2.45) is 0 Å². The molecule has 37 heavy (non-hydrogen) atoms. The Kier molecular flexibility index (Phi) is 10.4. The number of carbonyl (C=O) groups excluding carboxylic acids is 1. The number of hydrogen-bond donors (Lipinski definition) is 1. The minimum atomic E-state index is -4.09. The molecule has 0 heterocycles. The lowest BCUT2D eigenvalue weighted by Gasteiger charge is -2.24. The molecule has 0 saturated carbocycles. The molecule has 0 bridgehead atoms. The van der Waals surface area contributed by atoms with Gasteiger partial charge in [-0.15, -0.1) is 0 Å². The van der Waals surface area contributed by atoms with Gasteiger partial charge in [0.15, 0.2) is 11.5 Å². The number of benzene rings is 3. The van der Waals surface area contributed by atoms with Crippen LogP contribution in [0, 0.1) is 6.92 Å². The molecule has 3 aromatic rings. The SMILES string of the molecule is COc1ccc(S(=O)(=O)N(CC(=O)NCCSCc2ccc(Cl)cc2Cl)c2ccc(C)cc2)cc1OC. The summed E-state index contributed by atoms with van der Waals surface area (Å²) in [6.07, 6.45) is 0. The van der Waals surface area contributed by atoms with Crippen LogP contribution in [0.15, 0.2) is 65.6 Å². The third-order valence-electron chi connectivity index (χ3n) is 5.39. The van der Waals surface area contributed by atoms with E-state index in [4.69, 9.17) is 32.7 Å². The number of amides is 1. The fraction of sp³-hybridized carbons (Fsp3) is 0.269. The predicted molar refractivity (Wildman–Crippen MR) is 151 cm³/mol. The number of rotatable bonds is 12. The Labute approximate surface area is 232 Å². The number of aryl methyl sites for hydroxylation is 1. The van der Waals surface area contributed by atoms with E-state index in [0.29, 0.717) is 39.5 Å². The molecule has 11 heteroatoms. The highest BCUT2D eigenvalue weighted by molar-refractivity contribution is 7.98. The molecule has 0 radical (unpaired) electrons. The fourth-order valence-electron chi connectivity index (χ4n) is 3.40. The van der Waals surface area contributed by atoms with Gasteiger partial charge >= 0.3 is 0 Å². The summed E-state index contributed by atoms with van der Waals surface area (Å²) in [7, 11) is -1.19. The normalized spacial score (nSPS) is 11.2. The summed E-state index contributed by atoms with van der Waals surface area (Å²) < 4.78 is 38.8. The number of carbonyl (C=O) groups is 1. The van der Waals surface area contributed by atoms with Crippen molar-refractivity contribution < 1.29 is 22.7 Å². The van der Waals surface area contributed by atoms with Crippen LogP contribution in [-0.2, 0) is 20.6 Å². The fourth-order valence-corrected chi connectivity index (χ4v) is 6.25. The molecule has 0 aliphatic heterocycles. The minimum Gasteiger partial charge on any atom is -0.493 e. The zero-order chi connectivity index (χ0) is 27.0. The zero-order valence-electron chi connectivity index (χ0n) is 20.7. The maximum Gasteiger partial charge on any atom is 0.264 e. The van der Waals surface area contributed by atoms with Gasteiger partial charge in [-0.3, -0.25) is 9.10 Å². The van der Waals surface area contributed by atoms with E-state index >= 15 is 0 Å². The number of anilines is 1. The molecule has 0 aromatic heterocycles. The van der Waals surface area contributed by atoms with E-state index in [1.807, 2.05) is 13.0 Å². The number of nitrogens with one attached hydrogen (secondary N) is 1. The summed E-state index contributed by atoms with van der Waals surface area (Å²) in [5, 5.41) is 3.98. The molecular formula is C26H28Cl2N2O5S2. The Bertz CT molecular complexity index is 1340. The van der Waals surface area contributed by atoms with Crippen LogP contribution in [-0.4, -0.2) is 47.4 Å². The van der Waals surface area contributed by atoms with Gasteiger partial charge in [0.2, 0.25) is 5.91 Å². The number of methoxy groups -OCH3 is 2. The Balaban J connectivity index is 1.70. The molecular weight excluding hydrogens is 555 g/mol. The number of hydrogen-bond acceptors (Lipinski definition) is 6. The van der Waals surface area contributed by atoms with E-state index in [1.165, 1.54) is 32.4 Å². The lowest BCUT2D eigenvalue weighted by molar-refractivity contribution is -0.119. The molecule has 198 valence electrons. The summed E-state index contributed by atoms with van der Waals surface area (Å²) in [4.78, 5) is 12.8. The predicted octanol–water partition coefficient (Wildman–Crippen LogP) is 5.56. The van der Waals surface area contributed by atoms with Gasteiger partial charge in [0.05, 0.1) is 24.8 Å². The van der Waals surface area contributed by atoms with Gasteiger partial charge in [-0.1, -0.05) is 47.0 Å². The van der Waals surface area contributed by atoms with Crippen LogP contribution in [0.25, 0.3) is 0 Å². The van der Waals surface area contributed by atoms with Crippen molar-refractivity contribution in [2.75, 3.05) is 37.4 Å². The van der Waals surface area contributed by atoms with Crippen molar-refractivity contribution >= 4 is 56.6 Å². The van der Waals surface area contributed by atoms with Gasteiger partial charge in [-0.2, -0.15) is 11.8 Å². The first-order valence-electron chi connectivity index (χ1n) is 11.3. The second kappa shape index (κ2) is 13.3. The Hall–Kier alpha value is -2.59. The van der Waals surface area contributed by atoms with E-state index < -0.39 is 15.9 Å². The topological polar surface area (TPSA) is 84.9 Å². The largest absolute Gasteiger partial charge is 0.493 e. The maximum absolute atomic E-state index is 13.6. The highest BCUT2D eigenvalue weighted by Crippen LogP contribution is 2.32. The molecule has 0 unspecified atom stereocenters. The summed E-state index contributed by atoms with van der Waals surface area (Å²) in [5.41, 5.74) is 2.30. The maximum atomic E-state index is 13.6. The number of halogens is 2. The zero-order valence-corrected chi connectivity index (χ0v) is 23.8. The molecule has 7 nitrogen and oxygen atoms in total. The molecule has 3 rings (SSSR count). The number of ether oxygens (including phenoxy) is 2. The number of sulfonamides is 1. The van der Waals surface area contributed by atoms with E-state index in [0.717, 1.165) is 15.4 Å².